The normalized spacial score (nSPS) is 11.2. The number of hydrogen-bond donors (Lipinski definition) is 1. The smallest absolute Gasteiger partial charge is 0.243 e. The van der Waals surface area contributed by atoms with E-state index in [1.54, 1.807) is 30.3 Å². The molecule has 3 aromatic rings. The number of carbonyl (C=O) groups is 1. The monoisotopic (exact) mass is 497 g/mol. The molecule has 0 aromatic heterocycles. The number of amides is 1. The lowest BCUT2D eigenvalue weighted by molar-refractivity contribution is -0.116. The Balaban J connectivity index is 1.87. The Hall–Kier alpha value is -2.99. The molecule has 3 rings (SSSR count). The largest absolute Gasteiger partial charge is 0.325 e. The molecule has 0 aliphatic carbocycles. The van der Waals surface area contributed by atoms with E-state index in [0.29, 0.717) is 11.3 Å². The highest BCUT2D eigenvalue weighted by molar-refractivity contribution is 9.10. The van der Waals surface area contributed by atoms with Crippen LogP contribution in [-0.2, 0) is 21.4 Å². The van der Waals surface area contributed by atoms with Crippen molar-refractivity contribution >= 4 is 37.5 Å². The molecule has 3 aromatic carbocycles. The third-order valence-corrected chi connectivity index (χ3v) is 6.86. The van der Waals surface area contributed by atoms with E-state index in [4.69, 9.17) is 5.26 Å². The van der Waals surface area contributed by atoms with Crippen LogP contribution >= 0.6 is 15.9 Å². The van der Waals surface area contributed by atoms with Crippen LogP contribution in [0.1, 0.15) is 16.7 Å². The SMILES string of the molecule is Cc1ccc(CN(CC(=O)Nc2cccc(C#N)c2)S(=O)(=O)c2ccc(Br)cc2)cc1. The van der Waals surface area contributed by atoms with Crippen LogP contribution in [0.15, 0.2) is 82.2 Å². The fourth-order valence-corrected chi connectivity index (χ4v) is 4.55. The van der Waals surface area contributed by atoms with Gasteiger partial charge in [0, 0.05) is 16.7 Å². The van der Waals surface area contributed by atoms with Crippen LogP contribution in [0.25, 0.3) is 0 Å². The summed E-state index contributed by atoms with van der Waals surface area (Å²) in [5.74, 6) is -0.497. The average Bonchev–Trinajstić information content (AvgIpc) is 2.75. The quantitative estimate of drug-likeness (QED) is 0.521. The first-order valence-corrected chi connectivity index (χ1v) is 11.6. The van der Waals surface area contributed by atoms with Crippen LogP contribution in [-0.4, -0.2) is 25.2 Å². The number of hydrogen-bond acceptors (Lipinski definition) is 4. The summed E-state index contributed by atoms with van der Waals surface area (Å²) in [6.07, 6.45) is 0. The van der Waals surface area contributed by atoms with Crippen LogP contribution in [0, 0.1) is 18.3 Å². The molecule has 0 unspecified atom stereocenters. The zero-order valence-corrected chi connectivity index (χ0v) is 19.2. The second-order valence-corrected chi connectivity index (χ2v) is 9.81. The minimum Gasteiger partial charge on any atom is -0.325 e. The summed E-state index contributed by atoms with van der Waals surface area (Å²) < 4.78 is 28.5. The van der Waals surface area contributed by atoms with Crippen LogP contribution in [0.5, 0.6) is 0 Å². The fraction of sp³-hybridized carbons (Fsp3) is 0.130. The van der Waals surface area contributed by atoms with Gasteiger partial charge in [0.25, 0.3) is 0 Å². The van der Waals surface area contributed by atoms with Gasteiger partial charge in [0.1, 0.15) is 0 Å². The van der Waals surface area contributed by atoms with Gasteiger partial charge in [0.15, 0.2) is 0 Å². The Bertz CT molecular complexity index is 1220. The predicted octanol–water partition coefficient (Wildman–Crippen LogP) is 4.46. The molecule has 0 aliphatic rings. The summed E-state index contributed by atoms with van der Waals surface area (Å²) in [6.45, 7) is 1.62. The Morgan fingerprint density at radius 3 is 2.39 bits per heavy atom. The molecule has 0 saturated carbocycles. The van der Waals surface area contributed by atoms with Crippen molar-refractivity contribution in [2.24, 2.45) is 0 Å². The zero-order valence-electron chi connectivity index (χ0n) is 16.7. The van der Waals surface area contributed by atoms with Gasteiger partial charge in [-0.25, -0.2) is 8.42 Å². The van der Waals surface area contributed by atoms with Crippen molar-refractivity contribution in [1.82, 2.24) is 4.31 Å². The number of nitrogens with zero attached hydrogens (tertiary/aromatic N) is 2. The fourth-order valence-electron chi connectivity index (χ4n) is 2.91. The van der Waals surface area contributed by atoms with Crippen molar-refractivity contribution in [2.45, 2.75) is 18.4 Å². The topological polar surface area (TPSA) is 90.3 Å². The molecule has 0 fully saturated rings. The molecule has 0 saturated heterocycles. The minimum absolute atomic E-state index is 0.0460. The van der Waals surface area contributed by atoms with Gasteiger partial charge in [-0.2, -0.15) is 9.57 Å². The van der Waals surface area contributed by atoms with E-state index in [9.17, 15) is 13.2 Å². The molecular formula is C23H20BrN3O3S. The first kappa shape index (κ1) is 22.7. The summed E-state index contributed by atoms with van der Waals surface area (Å²) in [5.41, 5.74) is 2.66. The molecule has 1 N–H and O–H groups in total. The Kier molecular flexibility index (Phi) is 7.23. The number of aryl methyl sites for hydroxylation is 1. The van der Waals surface area contributed by atoms with Gasteiger partial charge in [0.2, 0.25) is 15.9 Å². The molecule has 158 valence electrons. The molecule has 6 nitrogen and oxygen atoms in total. The Morgan fingerprint density at radius 1 is 1.06 bits per heavy atom. The van der Waals surface area contributed by atoms with E-state index in [0.717, 1.165) is 19.9 Å². The van der Waals surface area contributed by atoms with Gasteiger partial charge < -0.3 is 5.32 Å². The molecule has 0 atom stereocenters. The predicted molar refractivity (Wildman–Crippen MR) is 123 cm³/mol. The molecule has 0 aliphatic heterocycles. The van der Waals surface area contributed by atoms with Crippen molar-refractivity contribution in [3.8, 4) is 6.07 Å². The first-order chi connectivity index (χ1) is 14.8. The molecule has 1 amide bonds. The number of sulfonamides is 1. The number of halogens is 1. The summed E-state index contributed by atoms with van der Waals surface area (Å²) in [6, 6.07) is 22.2. The third kappa shape index (κ3) is 6.01. The van der Waals surface area contributed by atoms with Gasteiger partial charge in [0.05, 0.1) is 23.1 Å². The Labute approximate surface area is 190 Å². The molecule has 8 heteroatoms. The number of nitrogens with one attached hydrogen (secondary N) is 1. The lowest BCUT2D eigenvalue weighted by Crippen LogP contribution is -2.37. The third-order valence-electron chi connectivity index (χ3n) is 4.53. The number of anilines is 1. The van der Waals surface area contributed by atoms with Gasteiger partial charge in [-0.15, -0.1) is 0 Å². The molecular weight excluding hydrogens is 478 g/mol. The van der Waals surface area contributed by atoms with E-state index in [1.807, 2.05) is 37.3 Å². The van der Waals surface area contributed by atoms with E-state index in [1.165, 1.54) is 18.2 Å². The molecule has 0 heterocycles. The van der Waals surface area contributed by atoms with E-state index in [2.05, 4.69) is 21.2 Å². The van der Waals surface area contributed by atoms with E-state index in [-0.39, 0.29) is 18.0 Å². The lowest BCUT2D eigenvalue weighted by Gasteiger charge is -2.22. The highest BCUT2D eigenvalue weighted by Gasteiger charge is 2.27. The average molecular weight is 498 g/mol. The maximum absolute atomic E-state index is 13.3. The van der Waals surface area contributed by atoms with Gasteiger partial charge in [-0.1, -0.05) is 51.8 Å². The van der Waals surface area contributed by atoms with E-state index >= 15 is 0 Å². The van der Waals surface area contributed by atoms with Crippen molar-refractivity contribution < 1.29 is 13.2 Å². The first-order valence-electron chi connectivity index (χ1n) is 9.39. The lowest BCUT2D eigenvalue weighted by atomic mass is 10.1. The summed E-state index contributed by atoms with van der Waals surface area (Å²) >= 11 is 3.30. The molecule has 0 bridgehead atoms. The second-order valence-electron chi connectivity index (χ2n) is 6.95. The minimum atomic E-state index is -3.93. The molecule has 31 heavy (non-hydrogen) atoms. The summed E-state index contributed by atoms with van der Waals surface area (Å²) in [4.78, 5) is 12.8. The molecule has 0 spiro atoms. The van der Waals surface area contributed by atoms with Crippen LogP contribution in [0.4, 0.5) is 5.69 Å². The van der Waals surface area contributed by atoms with Crippen LogP contribution < -0.4 is 5.32 Å². The van der Waals surface area contributed by atoms with Crippen LogP contribution in [0.2, 0.25) is 0 Å². The standard InChI is InChI=1S/C23H20BrN3O3S/c1-17-5-7-18(8-6-17)15-27(31(29,30)22-11-9-20(24)10-12-22)16-23(28)26-21-4-2-3-19(13-21)14-25/h2-13H,15-16H2,1H3,(H,26,28). The molecule has 0 radical (unpaired) electrons. The maximum Gasteiger partial charge on any atom is 0.243 e. The Morgan fingerprint density at radius 2 is 1.74 bits per heavy atom. The second kappa shape index (κ2) is 9.88. The zero-order chi connectivity index (χ0) is 22.4. The van der Waals surface area contributed by atoms with Gasteiger partial charge >= 0.3 is 0 Å². The number of benzene rings is 3. The highest BCUT2D eigenvalue weighted by Crippen LogP contribution is 2.21. The van der Waals surface area contributed by atoms with Crippen LogP contribution in [0.3, 0.4) is 0 Å². The van der Waals surface area contributed by atoms with Crippen molar-refractivity contribution in [3.63, 3.8) is 0 Å². The maximum atomic E-state index is 13.3. The number of nitriles is 1. The van der Waals surface area contributed by atoms with Gasteiger partial charge in [-0.05, 0) is 55.0 Å². The van der Waals surface area contributed by atoms with Crippen molar-refractivity contribution in [3.05, 3.63) is 94.0 Å². The van der Waals surface area contributed by atoms with Crippen molar-refractivity contribution in [1.29, 1.82) is 5.26 Å². The number of rotatable bonds is 7. The number of carbonyl (C=O) groups excluding carboxylic acids is 1. The summed E-state index contributed by atoms with van der Waals surface area (Å²) in [5, 5.41) is 11.7. The van der Waals surface area contributed by atoms with Gasteiger partial charge in [-0.3, -0.25) is 4.79 Å². The van der Waals surface area contributed by atoms with Crippen molar-refractivity contribution in [2.75, 3.05) is 11.9 Å². The van der Waals surface area contributed by atoms with E-state index < -0.39 is 15.9 Å². The highest BCUT2D eigenvalue weighted by atomic mass is 79.9. The summed E-state index contributed by atoms with van der Waals surface area (Å²) in [7, 11) is -3.93.